The maximum absolute atomic E-state index is 2.50. The van der Waals surface area contributed by atoms with Crippen LogP contribution in [0.5, 0.6) is 0 Å². The predicted octanol–water partition coefficient (Wildman–Crippen LogP) is 13.2. The van der Waals surface area contributed by atoms with E-state index in [1.807, 2.05) is 11.3 Å². The SMILES string of the molecule is CC1(C)c2ccccc2-c2c(N(c3ccc(-c4ccccc4)cc3)c3cc4sc5cccc6c7ccccc7c(c3)c4c56)cccc21. The average molecular weight is 618 g/mol. The highest BCUT2D eigenvalue weighted by Gasteiger charge is 2.37. The normalized spacial score (nSPS) is 13.5. The van der Waals surface area contributed by atoms with Gasteiger partial charge in [0.1, 0.15) is 0 Å². The van der Waals surface area contributed by atoms with Crippen LogP contribution in [0.25, 0.3) is 64.0 Å². The van der Waals surface area contributed by atoms with Crippen molar-refractivity contribution in [1.29, 1.82) is 0 Å². The van der Waals surface area contributed by atoms with Crippen LogP contribution >= 0.6 is 11.3 Å². The first-order valence-corrected chi connectivity index (χ1v) is 17.2. The maximum Gasteiger partial charge on any atom is 0.0543 e. The number of hydrogen-bond donors (Lipinski definition) is 0. The van der Waals surface area contributed by atoms with Gasteiger partial charge < -0.3 is 4.90 Å². The molecule has 0 saturated heterocycles. The Morgan fingerprint density at radius 1 is 0.468 bits per heavy atom. The van der Waals surface area contributed by atoms with Gasteiger partial charge in [-0.3, -0.25) is 0 Å². The molecule has 1 aromatic heterocycles. The first-order chi connectivity index (χ1) is 23.1. The molecule has 8 aromatic carbocycles. The quantitative estimate of drug-likeness (QED) is 0.178. The molecule has 0 saturated carbocycles. The highest BCUT2D eigenvalue weighted by atomic mass is 32.1. The van der Waals surface area contributed by atoms with E-state index in [2.05, 4.69) is 170 Å². The van der Waals surface area contributed by atoms with Gasteiger partial charge in [0.15, 0.2) is 0 Å². The van der Waals surface area contributed by atoms with Crippen molar-refractivity contribution in [2.24, 2.45) is 0 Å². The topological polar surface area (TPSA) is 3.24 Å². The van der Waals surface area contributed by atoms with Crippen molar-refractivity contribution >= 4 is 70.1 Å². The third-order valence-electron chi connectivity index (χ3n) is 10.4. The molecule has 47 heavy (non-hydrogen) atoms. The van der Waals surface area contributed by atoms with E-state index in [0.717, 1.165) is 5.69 Å². The third kappa shape index (κ3) is 3.77. The summed E-state index contributed by atoms with van der Waals surface area (Å²) in [5, 5.41) is 8.06. The van der Waals surface area contributed by atoms with Crippen molar-refractivity contribution in [3.8, 4) is 22.3 Å². The lowest BCUT2D eigenvalue weighted by molar-refractivity contribution is 0.660. The standard InChI is InChI=1S/C45H31NS/c1-45(2)37-18-9-8-16-35(37)42-38(45)19-11-20-39(42)46(30-24-22-29(23-25-30)28-12-4-3-5-13-28)31-26-36-33-15-7-6-14-32(33)34-17-10-21-40-43(34)44(36)41(27-31)47-40/h3-27H,1-2H3. The van der Waals surface area contributed by atoms with Crippen molar-refractivity contribution in [2.45, 2.75) is 19.3 Å². The Balaban J connectivity index is 1.29. The Hall–Kier alpha value is -5.44. The summed E-state index contributed by atoms with van der Waals surface area (Å²) in [6, 6.07) is 56.2. The largest absolute Gasteiger partial charge is 0.310 e. The molecule has 1 nitrogen and oxygen atoms in total. The highest BCUT2D eigenvalue weighted by Crippen LogP contribution is 2.55. The van der Waals surface area contributed by atoms with Gasteiger partial charge in [0.2, 0.25) is 0 Å². The maximum atomic E-state index is 2.50. The predicted molar refractivity (Wildman–Crippen MR) is 203 cm³/mol. The van der Waals surface area contributed by atoms with Crippen LogP contribution < -0.4 is 4.90 Å². The van der Waals surface area contributed by atoms with E-state index in [0.29, 0.717) is 0 Å². The Morgan fingerprint density at radius 2 is 1.11 bits per heavy atom. The fourth-order valence-electron chi connectivity index (χ4n) is 8.23. The molecule has 0 amide bonds. The molecule has 0 fully saturated rings. The van der Waals surface area contributed by atoms with Crippen LogP contribution in [0.2, 0.25) is 0 Å². The molecule has 0 bridgehead atoms. The third-order valence-corrected chi connectivity index (χ3v) is 11.5. The first-order valence-electron chi connectivity index (χ1n) is 16.4. The minimum atomic E-state index is -0.0818. The van der Waals surface area contributed by atoms with Crippen molar-refractivity contribution in [3.63, 3.8) is 0 Å². The summed E-state index contributed by atoms with van der Waals surface area (Å²) in [5.41, 5.74) is 11.3. The molecule has 0 N–H and O–H groups in total. The Labute approximate surface area is 278 Å². The monoisotopic (exact) mass is 617 g/mol. The summed E-state index contributed by atoms with van der Waals surface area (Å²) in [6.07, 6.45) is 0. The van der Waals surface area contributed by atoms with Gasteiger partial charge >= 0.3 is 0 Å². The molecule has 0 unspecified atom stereocenters. The molecule has 1 aliphatic rings. The van der Waals surface area contributed by atoms with Crippen LogP contribution in [-0.4, -0.2) is 0 Å². The minimum Gasteiger partial charge on any atom is -0.310 e. The van der Waals surface area contributed by atoms with Crippen molar-refractivity contribution in [1.82, 2.24) is 0 Å². The van der Waals surface area contributed by atoms with Crippen molar-refractivity contribution < 1.29 is 0 Å². The van der Waals surface area contributed by atoms with Crippen LogP contribution in [0.1, 0.15) is 25.0 Å². The number of nitrogens with zero attached hydrogens (tertiary/aromatic N) is 1. The highest BCUT2D eigenvalue weighted by molar-refractivity contribution is 7.26. The lowest BCUT2D eigenvalue weighted by Crippen LogP contribution is -2.16. The van der Waals surface area contributed by atoms with Gasteiger partial charge in [0.05, 0.1) is 5.69 Å². The van der Waals surface area contributed by atoms with Crippen LogP contribution in [0.4, 0.5) is 17.1 Å². The van der Waals surface area contributed by atoms with Gasteiger partial charge in [-0.15, -0.1) is 11.3 Å². The fraction of sp³-hybridized carbons (Fsp3) is 0.0667. The fourth-order valence-corrected chi connectivity index (χ4v) is 9.42. The molecule has 10 rings (SSSR count). The van der Waals surface area contributed by atoms with Crippen molar-refractivity contribution in [2.75, 3.05) is 4.90 Å². The number of fused-ring (bicyclic) bond motifs is 6. The summed E-state index contributed by atoms with van der Waals surface area (Å²) in [4.78, 5) is 2.50. The number of anilines is 3. The Kier molecular flexibility index (Phi) is 5.57. The second-order valence-corrected chi connectivity index (χ2v) is 14.4. The number of benzene rings is 8. The second kappa shape index (κ2) is 9.78. The van der Waals surface area contributed by atoms with Gasteiger partial charge in [-0.05, 0) is 85.8 Å². The van der Waals surface area contributed by atoms with E-state index in [1.165, 1.54) is 86.5 Å². The second-order valence-electron chi connectivity index (χ2n) is 13.3. The van der Waals surface area contributed by atoms with Crippen LogP contribution in [0.15, 0.2) is 152 Å². The smallest absolute Gasteiger partial charge is 0.0543 e. The molecule has 1 heterocycles. The summed E-state index contributed by atoms with van der Waals surface area (Å²) in [6.45, 7) is 4.73. The lowest BCUT2D eigenvalue weighted by Gasteiger charge is -2.29. The molecule has 0 radical (unpaired) electrons. The summed E-state index contributed by atoms with van der Waals surface area (Å²) in [7, 11) is 0. The molecule has 9 aromatic rings. The van der Waals surface area contributed by atoms with Gasteiger partial charge in [-0.2, -0.15) is 0 Å². The molecular formula is C45H31NS. The molecule has 2 heteroatoms. The van der Waals surface area contributed by atoms with E-state index in [4.69, 9.17) is 0 Å². The Bertz CT molecular complexity index is 2640. The van der Waals surface area contributed by atoms with Gasteiger partial charge in [-0.25, -0.2) is 0 Å². The zero-order valence-electron chi connectivity index (χ0n) is 26.3. The summed E-state index contributed by atoms with van der Waals surface area (Å²) in [5.74, 6) is 0. The van der Waals surface area contributed by atoms with E-state index in [-0.39, 0.29) is 5.41 Å². The molecule has 0 aliphatic heterocycles. The van der Waals surface area contributed by atoms with Gasteiger partial charge in [-0.1, -0.05) is 129 Å². The lowest BCUT2D eigenvalue weighted by atomic mass is 9.82. The van der Waals surface area contributed by atoms with E-state index < -0.39 is 0 Å². The van der Waals surface area contributed by atoms with E-state index in [9.17, 15) is 0 Å². The van der Waals surface area contributed by atoms with Crippen molar-refractivity contribution in [3.05, 3.63) is 163 Å². The zero-order valence-corrected chi connectivity index (χ0v) is 27.1. The zero-order chi connectivity index (χ0) is 31.3. The number of thiophene rings is 1. The number of rotatable bonds is 4. The summed E-state index contributed by atoms with van der Waals surface area (Å²) >= 11 is 1.91. The number of hydrogen-bond acceptors (Lipinski definition) is 2. The van der Waals surface area contributed by atoms with Gasteiger partial charge in [0.25, 0.3) is 0 Å². The van der Waals surface area contributed by atoms with E-state index in [1.54, 1.807) is 0 Å². The molecule has 1 aliphatic carbocycles. The summed E-state index contributed by atoms with van der Waals surface area (Å²) < 4.78 is 2.68. The molecule has 222 valence electrons. The molecule has 0 atom stereocenters. The Morgan fingerprint density at radius 3 is 1.94 bits per heavy atom. The average Bonchev–Trinajstić information content (AvgIpc) is 3.61. The van der Waals surface area contributed by atoms with Crippen LogP contribution in [0, 0.1) is 0 Å². The first kappa shape index (κ1) is 26.7. The van der Waals surface area contributed by atoms with E-state index >= 15 is 0 Å². The van der Waals surface area contributed by atoms with Gasteiger partial charge in [0, 0.05) is 42.5 Å². The van der Waals surface area contributed by atoms with Crippen LogP contribution in [-0.2, 0) is 5.41 Å². The minimum absolute atomic E-state index is 0.0818. The molecule has 0 spiro atoms. The van der Waals surface area contributed by atoms with Crippen LogP contribution in [0.3, 0.4) is 0 Å². The molecular weight excluding hydrogens is 587 g/mol.